The Morgan fingerprint density at radius 2 is 2.00 bits per heavy atom. The zero-order valence-electron chi connectivity index (χ0n) is 13.3. The quantitative estimate of drug-likeness (QED) is 0.804. The summed E-state index contributed by atoms with van der Waals surface area (Å²) in [6, 6.07) is 7.91. The van der Waals surface area contributed by atoms with E-state index in [0.29, 0.717) is 10.9 Å². The molecule has 126 valence electrons. The minimum absolute atomic E-state index is 0.0231. The van der Waals surface area contributed by atoms with E-state index in [-0.39, 0.29) is 5.91 Å². The molecule has 1 saturated heterocycles. The van der Waals surface area contributed by atoms with E-state index >= 15 is 0 Å². The van der Waals surface area contributed by atoms with Crippen molar-refractivity contribution in [3.05, 3.63) is 45.1 Å². The number of hydrogen-bond donors (Lipinski definition) is 1. The number of nitrogens with one attached hydrogen (secondary N) is 1. The largest absolute Gasteiger partial charge is 0.369 e. The van der Waals surface area contributed by atoms with Gasteiger partial charge in [0, 0.05) is 30.3 Å². The van der Waals surface area contributed by atoms with Gasteiger partial charge in [0.1, 0.15) is 0 Å². The topological polar surface area (TPSA) is 32.3 Å². The summed E-state index contributed by atoms with van der Waals surface area (Å²) in [4.78, 5) is 15.7. The van der Waals surface area contributed by atoms with Gasteiger partial charge in [-0.15, -0.1) is 11.3 Å². The third kappa shape index (κ3) is 3.44. The van der Waals surface area contributed by atoms with Gasteiger partial charge in [-0.2, -0.15) is 11.8 Å². The summed E-state index contributed by atoms with van der Waals surface area (Å²) in [6.07, 6.45) is 2.40. The number of thiophene rings is 1. The summed E-state index contributed by atoms with van der Waals surface area (Å²) in [5.41, 5.74) is 3.02. The van der Waals surface area contributed by atoms with Crippen LogP contribution in [0, 0.1) is 0 Å². The van der Waals surface area contributed by atoms with Gasteiger partial charge in [-0.3, -0.25) is 4.79 Å². The van der Waals surface area contributed by atoms with Gasteiger partial charge in [0.25, 0.3) is 5.91 Å². The molecule has 1 aliphatic carbocycles. The number of hydrogen-bond acceptors (Lipinski definition) is 4. The van der Waals surface area contributed by atoms with E-state index in [1.54, 1.807) is 0 Å². The monoisotopic (exact) mass is 378 g/mol. The average molecular weight is 379 g/mol. The summed E-state index contributed by atoms with van der Waals surface area (Å²) in [5, 5.41) is 5.71. The summed E-state index contributed by atoms with van der Waals surface area (Å²) in [6.45, 7) is 2.05. The molecule has 1 saturated carbocycles. The molecule has 2 aliphatic rings. The van der Waals surface area contributed by atoms with Gasteiger partial charge in [0.2, 0.25) is 0 Å². The minimum Gasteiger partial charge on any atom is -0.369 e. The Hall–Kier alpha value is -1.17. The van der Waals surface area contributed by atoms with E-state index in [1.165, 1.54) is 29.7 Å². The van der Waals surface area contributed by atoms with Crippen LogP contribution < -0.4 is 10.2 Å². The van der Waals surface area contributed by atoms with Crippen LogP contribution in [-0.2, 0) is 0 Å². The van der Waals surface area contributed by atoms with Gasteiger partial charge >= 0.3 is 0 Å². The molecule has 1 aromatic carbocycles. The molecule has 2 heterocycles. The maximum absolute atomic E-state index is 12.6. The van der Waals surface area contributed by atoms with Crippen LogP contribution in [0.15, 0.2) is 29.6 Å². The fourth-order valence-corrected chi connectivity index (χ4v) is 5.14. The number of thioether (sulfide) groups is 1. The number of benzene rings is 1. The molecule has 2 aromatic rings. The number of anilines is 2. The Morgan fingerprint density at radius 3 is 2.71 bits per heavy atom. The molecule has 2 fully saturated rings. The van der Waals surface area contributed by atoms with Gasteiger partial charge in [0.15, 0.2) is 0 Å². The highest BCUT2D eigenvalue weighted by Gasteiger charge is 2.29. The van der Waals surface area contributed by atoms with Crippen LogP contribution in [0.4, 0.5) is 11.4 Å². The molecular weight excluding hydrogens is 360 g/mol. The summed E-state index contributed by atoms with van der Waals surface area (Å²) < 4.78 is 0. The van der Waals surface area contributed by atoms with Crippen molar-refractivity contribution >= 4 is 52.0 Å². The molecule has 0 radical (unpaired) electrons. The van der Waals surface area contributed by atoms with Crippen molar-refractivity contribution in [2.45, 2.75) is 18.8 Å². The first-order valence-corrected chi connectivity index (χ1v) is 10.6. The van der Waals surface area contributed by atoms with E-state index in [1.807, 2.05) is 35.3 Å². The highest BCUT2D eigenvalue weighted by molar-refractivity contribution is 7.99. The van der Waals surface area contributed by atoms with Gasteiger partial charge < -0.3 is 10.2 Å². The van der Waals surface area contributed by atoms with Crippen molar-refractivity contribution in [3.8, 4) is 0 Å². The lowest BCUT2D eigenvalue weighted by atomic mass is 10.1. The SMILES string of the molecule is O=C(Nc1ccc(N2CCSCC2)c(Cl)c1)c1sccc1C1CC1. The van der Waals surface area contributed by atoms with Crippen LogP contribution in [0.5, 0.6) is 0 Å². The molecule has 6 heteroatoms. The van der Waals surface area contributed by atoms with E-state index in [4.69, 9.17) is 11.6 Å². The molecule has 0 atom stereocenters. The van der Waals surface area contributed by atoms with Crippen LogP contribution in [0.25, 0.3) is 0 Å². The zero-order chi connectivity index (χ0) is 16.5. The number of rotatable bonds is 4. The van der Waals surface area contributed by atoms with Crippen LogP contribution in [0.3, 0.4) is 0 Å². The number of nitrogens with zero attached hydrogens (tertiary/aromatic N) is 1. The standard InChI is InChI=1S/C18H19ClN2OS2/c19-15-11-13(3-4-16(15)21-6-9-23-10-7-21)20-18(22)17-14(5-8-24-17)12-1-2-12/h3-5,8,11-12H,1-2,6-7,9-10H2,(H,20,22). The average Bonchev–Trinajstić information content (AvgIpc) is 3.32. The van der Waals surface area contributed by atoms with Crippen molar-refractivity contribution in [3.63, 3.8) is 0 Å². The van der Waals surface area contributed by atoms with E-state index in [2.05, 4.69) is 16.3 Å². The van der Waals surface area contributed by atoms with Gasteiger partial charge in [-0.05, 0) is 54.0 Å². The van der Waals surface area contributed by atoms with Crippen molar-refractivity contribution in [1.82, 2.24) is 0 Å². The molecule has 1 N–H and O–H groups in total. The molecule has 0 unspecified atom stereocenters. The molecule has 24 heavy (non-hydrogen) atoms. The van der Waals surface area contributed by atoms with E-state index in [9.17, 15) is 4.79 Å². The molecule has 3 nitrogen and oxygen atoms in total. The zero-order valence-corrected chi connectivity index (χ0v) is 15.6. The van der Waals surface area contributed by atoms with Crippen molar-refractivity contribution in [2.75, 3.05) is 34.8 Å². The van der Waals surface area contributed by atoms with Crippen LogP contribution in [0.2, 0.25) is 5.02 Å². The maximum atomic E-state index is 12.6. The van der Waals surface area contributed by atoms with Crippen LogP contribution >= 0.6 is 34.7 Å². The molecule has 1 amide bonds. The Morgan fingerprint density at radius 1 is 1.21 bits per heavy atom. The van der Waals surface area contributed by atoms with E-state index in [0.717, 1.165) is 40.8 Å². The summed E-state index contributed by atoms with van der Waals surface area (Å²) in [5.74, 6) is 2.83. The molecular formula is C18H19ClN2OS2. The fraction of sp³-hybridized carbons (Fsp3) is 0.389. The number of carbonyl (C=O) groups is 1. The molecule has 1 aliphatic heterocycles. The summed E-state index contributed by atoms with van der Waals surface area (Å²) >= 11 is 9.96. The maximum Gasteiger partial charge on any atom is 0.266 e. The van der Waals surface area contributed by atoms with Crippen molar-refractivity contribution in [2.24, 2.45) is 0 Å². The van der Waals surface area contributed by atoms with Gasteiger partial charge in [0.05, 0.1) is 15.6 Å². The second-order valence-corrected chi connectivity index (χ2v) is 8.75. The Bertz CT molecular complexity index is 751. The third-order valence-electron chi connectivity index (χ3n) is 4.48. The van der Waals surface area contributed by atoms with Gasteiger partial charge in [-0.1, -0.05) is 11.6 Å². The first-order chi connectivity index (χ1) is 11.7. The predicted molar refractivity (Wildman–Crippen MR) is 105 cm³/mol. The molecule has 1 aromatic heterocycles. The smallest absolute Gasteiger partial charge is 0.266 e. The Kier molecular flexibility index (Phi) is 4.74. The minimum atomic E-state index is -0.0231. The Labute approximate surface area is 155 Å². The third-order valence-corrected chi connectivity index (χ3v) is 6.65. The van der Waals surface area contributed by atoms with Crippen LogP contribution in [0.1, 0.15) is 34.0 Å². The van der Waals surface area contributed by atoms with Crippen LogP contribution in [-0.4, -0.2) is 30.5 Å². The number of halogens is 1. The first-order valence-electron chi connectivity index (χ1n) is 8.23. The number of amides is 1. The van der Waals surface area contributed by atoms with E-state index < -0.39 is 0 Å². The lowest BCUT2D eigenvalue weighted by Crippen LogP contribution is -2.32. The predicted octanol–water partition coefficient (Wildman–Crippen LogP) is 5.08. The highest BCUT2D eigenvalue weighted by atomic mass is 35.5. The molecule has 0 spiro atoms. The lowest BCUT2D eigenvalue weighted by Gasteiger charge is -2.29. The van der Waals surface area contributed by atoms with Crippen molar-refractivity contribution in [1.29, 1.82) is 0 Å². The highest BCUT2D eigenvalue weighted by Crippen LogP contribution is 2.43. The Balaban J connectivity index is 1.49. The number of carbonyl (C=O) groups excluding carboxylic acids is 1. The van der Waals surface area contributed by atoms with Crippen molar-refractivity contribution < 1.29 is 4.79 Å². The second kappa shape index (κ2) is 6.98. The second-order valence-electron chi connectivity index (χ2n) is 6.20. The summed E-state index contributed by atoms with van der Waals surface area (Å²) in [7, 11) is 0. The fourth-order valence-electron chi connectivity index (χ4n) is 3.05. The molecule has 4 rings (SSSR count). The molecule has 0 bridgehead atoms. The first kappa shape index (κ1) is 16.3. The normalized spacial score (nSPS) is 17.8. The van der Waals surface area contributed by atoms with Gasteiger partial charge in [-0.25, -0.2) is 0 Å². The lowest BCUT2D eigenvalue weighted by molar-refractivity contribution is 0.102.